The number of hydrogen-bond acceptors (Lipinski definition) is 1. The zero-order valence-corrected chi connectivity index (χ0v) is 7.82. The summed E-state index contributed by atoms with van der Waals surface area (Å²) in [5, 5.41) is 0. The smallest absolute Gasteiger partial charge is 0.127 e. The molecule has 1 aliphatic rings. The first-order chi connectivity index (χ1) is 5.81. The average molecular weight is 183 g/mol. The van der Waals surface area contributed by atoms with Crippen LogP contribution in [0.3, 0.4) is 0 Å². The zero-order chi connectivity index (χ0) is 8.55. The molecule has 0 amide bonds. The van der Waals surface area contributed by atoms with Gasteiger partial charge in [-0.2, -0.15) is 0 Å². The van der Waals surface area contributed by atoms with Crippen molar-refractivity contribution in [3.05, 3.63) is 28.8 Å². The summed E-state index contributed by atoms with van der Waals surface area (Å²) in [6.45, 7) is 2.90. The fourth-order valence-electron chi connectivity index (χ4n) is 1.66. The van der Waals surface area contributed by atoms with E-state index in [1.165, 1.54) is 11.1 Å². The van der Waals surface area contributed by atoms with Crippen molar-refractivity contribution in [1.29, 1.82) is 0 Å². The Bertz CT molecular complexity index is 307. The summed E-state index contributed by atoms with van der Waals surface area (Å²) in [5.74, 6) is 1.57. The van der Waals surface area contributed by atoms with Crippen LogP contribution >= 0.6 is 11.6 Å². The van der Waals surface area contributed by atoms with Crippen molar-refractivity contribution in [2.45, 2.75) is 19.2 Å². The molecule has 1 aromatic rings. The van der Waals surface area contributed by atoms with Gasteiger partial charge in [-0.1, -0.05) is 17.7 Å². The lowest BCUT2D eigenvalue weighted by Gasteiger charge is -2.05. The fraction of sp³-hybridized carbons (Fsp3) is 0.400. The normalized spacial score (nSPS) is 14.2. The van der Waals surface area contributed by atoms with E-state index in [4.69, 9.17) is 16.3 Å². The van der Waals surface area contributed by atoms with E-state index in [0.29, 0.717) is 5.88 Å². The minimum absolute atomic E-state index is 0.546. The van der Waals surface area contributed by atoms with Crippen LogP contribution in [0.4, 0.5) is 0 Å². The van der Waals surface area contributed by atoms with Gasteiger partial charge in [-0.15, -0.1) is 11.6 Å². The molecule has 0 N–H and O–H groups in total. The SMILES string of the molecule is Cc1cc(CCl)c2c(c1)CCO2. The lowest BCUT2D eigenvalue weighted by molar-refractivity contribution is 0.354. The molecule has 0 saturated carbocycles. The quantitative estimate of drug-likeness (QED) is 0.607. The van der Waals surface area contributed by atoms with Crippen LogP contribution in [0.15, 0.2) is 12.1 Å². The van der Waals surface area contributed by atoms with Gasteiger partial charge in [0.25, 0.3) is 0 Å². The van der Waals surface area contributed by atoms with Gasteiger partial charge >= 0.3 is 0 Å². The molecule has 0 bridgehead atoms. The number of fused-ring (bicyclic) bond motifs is 1. The molecule has 0 spiro atoms. The summed E-state index contributed by atoms with van der Waals surface area (Å²) in [4.78, 5) is 0. The van der Waals surface area contributed by atoms with Crippen molar-refractivity contribution in [1.82, 2.24) is 0 Å². The minimum atomic E-state index is 0.546. The minimum Gasteiger partial charge on any atom is -0.493 e. The highest BCUT2D eigenvalue weighted by Crippen LogP contribution is 2.31. The molecule has 1 nitrogen and oxygen atoms in total. The number of halogens is 1. The topological polar surface area (TPSA) is 9.23 Å². The molecular weight excluding hydrogens is 172 g/mol. The summed E-state index contributed by atoms with van der Waals surface area (Å²) in [6.07, 6.45) is 1.03. The van der Waals surface area contributed by atoms with Crippen molar-refractivity contribution >= 4 is 11.6 Å². The van der Waals surface area contributed by atoms with Crippen molar-refractivity contribution < 1.29 is 4.74 Å². The molecule has 64 valence electrons. The molecule has 2 rings (SSSR count). The van der Waals surface area contributed by atoms with Crippen LogP contribution in [0.1, 0.15) is 16.7 Å². The van der Waals surface area contributed by atoms with Gasteiger partial charge in [0.15, 0.2) is 0 Å². The molecule has 0 atom stereocenters. The second kappa shape index (κ2) is 2.98. The van der Waals surface area contributed by atoms with Crippen molar-refractivity contribution in [3.8, 4) is 5.75 Å². The molecule has 1 aromatic carbocycles. The standard InChI is InChI=1S/C10H11ClO/c1-7-4-8-2-3-12-10(8)9(5-7)6-11/h4-5H,2-3,6H2,1H3. The Labute approximate surface area is 77.3 Å². The van der Waals surface area contributed by atoms with Gasteiger partial charge in [0, 0.05) is 12.0 Å². The van der Waals surface area contributed by atoms with Gasteiger partial charge in [0.05, 0.1) is 12.5 Å². The van der Waals surface area contributed by atoms with Crippen LogP contribution in [-0.2, 0) is 12.3 Å². The number of rotatable bonds is 1. The Hall–Kier alpha value is -0.690. The first-order valence-corrected chi connectivity index (χ1v) is 4.66. The van der Waals surface area contributed by atoms with Crippen LogP contribution in [0, 0.1) is 6.92 Å². The number of benzene rings is 1. The fourth-order valence-corrected chi connectivity index (χ4v) is 1.86. The number of alkyl halides is 1. The highest BCUT2D eigenvalue weighted by atomic mass is 35.5. The van der Waals surface area contributed by atoms with E-state index in [0.717, 1.165) is 24.3 Å². The summed E-state index contributed by atoms with van der Waals surface area (Å²) in [6, 6.07) is 4.27. The summed E-state index contributed by atoms with van der Waals surface area (Å²) < 4.78 is 5.49. The van der Waals surface area contributed by atoms with E-state index >= 15 is 0 Å². The van der Waals surface area contributed by atoms with Crippen LogP contribution in [0.25, 0.3) is 0 Å². The maximum absolute atomic E-state index is 5.80. The van der Waals surface area contributed by atoms with E-state index in [9.17, 15) is 0 Å². The molecule has 0 aliphatic carbocycles. The molecule has 0 unspecified atom stereocenters. The molecule has 0 fully saturated rings. The number of aryl methyl sites for hydroxylation is 1. The first-order valence-electron chi connectivity index (χ1n) is 4.12. The summed E-state index contributed by atoms with van der Waals surface area (Å²) in [5.41, 5.74) is 3.71. The van der Waals surface area contributed by atoms with E-state index in [-0.39, 0.29) is 0 Å². The second-order valence-electron chi connectivity index (χ2n) is 3.14. The molecule has 0 radical (unpaired) electrons. The zero-order valence-electron chi connectivity index (χ0n) is 7.06. The van der Waals surface area contributed by atoms with E-state index in [1.807, 2.05) is 0 Å². The number of hydrogen-bond donors (Lipinski definition) is 0. The Balaban J connectivity index is 2.55. The maximum Gasteiger partial charge on any atom is 0.127 e. The highest BCUT2D eigenvalue weighted by Gasteiger charge is 2.15. The summed E-state index contributed by atoms with van der Waals surface area (Å²) >= 11 is 5.80. The Morgan fingerprint density at radius 2 is 2.33 bits per heavy atom. The summed E-state index contributed by atoms with van der Waals surface area (Å²) in [7, 11) is 0. The van der Waals surface area contributed by atoms with Crippen LogP contribution < -0.4 is 4.74 Å². The Morgan fingerprint density at radius 1 is 1.50 bits per heavy atom. The van der Waals surface area contributed by atoms with E-state index < -0.39 is 0 Å². The van der Waals surface area contributed by atoms with Crippen LogP contribution in [0.5, 0.6) is 5.75 Å². The van der Waals surface area contributed by atoms with E-state index in [1.54, 1.807) is 0 Å². The van der Waals surface area contributed by atoms with Gasteiger partial charge in [0.2, 0.25) is 0 Å². The Kier molecular flexibility index (Phi) is 1.97. The van der Waals surface area contributed by atoms with Crippen molar-refractivity contribution in [3.63, 3.8) is 0 Å². The maximum atomic E-state index is 5.80. The monoisotopic (exact) mass is 182 g/mol. The van der Waals surface area contributed by atoms with Crippen LogP contribution in [0.2, 0.25) is 0 Å². The molecular formula is C10H11ClO. The predicted molar refractivity (Wildman–Crippen MR) is 49.9 cm³/mol. The molecule has 1 aliphatic heterocycles. The third kappa shape index (κ3) is 1.18. The molecule has 0 saturated heterocycles. The van der Waals surface area contributed by atoms with Crippen LogP contribution in [-0.4, -0.2) is 6.61 Å². The molecule has 12 heavy (non-hydrogen) atoms. The molecule has 2 heteroatoms. The van der Waals surface area contributed by atoms with Crippen molar-refractivity contribution in [2.24, 2.45) is 0 Å². The average Bonchev–Trinajstić information content (AvgIpc) is 2.50. The van der Waals surface area contributed by atoms with E-state index in [2.05, 4.69) is 19.1 Å². The third-order valence-corrected chi connectivity index (χ3v) is 2.44. The predicted octanol–water partition coefficient (Wildman–Crippen LogP) is 2.67. The van der Waals surface area contributed by atoms with Gasteiger partial charge < -0.3 is 4.74 Å². The van der Waals surface area contributed by atoms with Crippen molar-refractivity contribution in [2.75, 3.05) is 6.61 Å². The first kappa shape index (κ1) is 7.93. The molecule has 0 aromatic heterocycles. The van der Waals surface area contributed by atoms with Gasteiger partial charge in [-0.3, -0.25) is 0 Å². The number of ether oxygens (including phenoxy) is 1. The second-order valence-corrected chi connectivity index (χ2v) is 3.41. The molecule has 1 heterocycles. The lowest BCUT2D eigenvalue weighted by Crippen LogP contribution is -1.90. The van der Waals surface area contributed by atoms with Gasteiger partial charge in [-0.25, -0.2) is 0 Å². The van der Waals surface area contributed by atoms with Gasteiger partial charge in [0.1, 0.15) is 5.75 Å². The Morgan fingerprint density at radius 3 is 3.08 bits per heavy atom. The highest BCUT2D eigenvalue weighted by molar-refractivity contribution is 6.17. The van der Waals surface area contributed by atoms with Gasteiger partial charge in [-0.05, 0) is 12.5 Å². The third-order valence-electron chi connectivity index (χ3n) is 2.15. The lowest BCUT2D eigenvalue weighted by atomic mass is 10.1. The largest absolute Gasteiger partial charge is 0.493 e.